The molecule has 0 fully saturated rings. The monoisotopic (exact) mass is 686 g/mol. The fraction of sp³-hybridized carbons (Fsp3) is 0.438. The Bertz CT molecular complexity index is 1210. The molecule has 1 unspecified atom stereocenters. The molecule has 0 saturated carbocycles. The first kappa shape index (κ1) is 44.7. The summed E-state index contributed by atoms with van der Waals surface area (Å²) in [5, 5.41) is 5.39. The van der Waals surface area contributed by atoms with E-state index < -0.39 is 54.3 Å². The molecule has 260 valence electrons. The zero-order valence-corrected chi connectivity index (χ0v) is 27.3. The van der Waals surface area contributed by atoms with Crippen molar-refractivity contribution < 1.29 is 39.9 Å². The van der Waals surface area contributed by atoms with Gasteiger partial charge >= 0.3 is 18.5 Å². The summed E-state index contributed by atoms with van der Waals surface area (Å²) in [6, 6.07) is 3.84. The highest BCUT2D eigenvalue weighted by Gasteiger charge is 2.42. The van der Waals surface area contributed by atoms with Gasteiger partial charge in [0, 0.05) is 12.6 Å². The minimum absolute atomic E-state index is 0.0197. The maximum absolute atomic E-state index is 14.8. The Hall–Kier alpha value is -3.45. The van der Waals surface area contributed by atoms with Crippen molar-refractivity contribution >= 4 is 17.9 Å². The number of pyridine rings is 1. The van der Waals surface area contributed by atoms with Gasteiger partial charge in [0.2, 0.25) is 0 Å². The average molecular weight is 687 g/mol. The van der Waals surface area contributed by atoms with Crippen molar-refractivity contribution in [2.24, 2.45) is 5.73 Å². The van der Waals surface area contributed by atoms with Crippen molar-refractivity contribution in [3.63, 3.8) is 0 Å². The fourth-order valence-corrected chi connectivity index (χ4v) is 4.07. The van der Waals surface area contributed by atoms with Crippen LogP contribution in [0.2, 0.25) is 5.02 Å². The summed E-state index contributed by atoms with van der Waals surface area (Å²) in [6.07, 6.45) is -4.97. The molecule has 0 amide bonds. The Balaban J connectivity index is 0. The lowest BCUT2D eigenvalue weighted by atomic mass is 9.80. The molecule has 0 bridgehead atoms. The summed E-state index contributed by atoms with van der Waals surface area (Å²) in [7, 11) is 1.50. The predicted molar refractivity (Wildman–Crippen MR) is 168 cm³/mol. The van der Waals surface area contributed by atoms with Crippen LogP contribution in [0.5, 0.6) is 0 Å². The van der Waals surface area contributed by atoms with Gasteiger partial charge in [-0.1, -0.05) is 56.3 Å². The van der Waals surface area contributed by atoms with Gasteiger partial charge in [0.25, 0.3) is 0 Å². The predicted octanol–water partition coefficient (Wildman–Crippen LogP) is 8.88. The number of hydrogen-bond donors (Lipinski definition) is 3. The maximum Gasteiger partial charge on any atom is 0.391 e. The molecule has 46 heavy (non-hydrogen) atoms. The molecule has 2 aromatic rings. The number of aldehydes is 1. The quantitative estimate of drug-likeness (QED) is 0.105. The summed E-state index contributed by atoms with van der Waals surface area (Å²) >= 11 is 5.96. The van der Waals surface area contributed by atoms with Crippen molar-refractivity contribution in [1.29, 1.82) is 0 Å². The van der Waals surface area contributed by atoms with E-state index >= 15 is 0 Å². The first-order valence-corrected chi connectivity index (χ1v) is 14.5. The molecule has 2 atom stereocenters. The number of carbonyl (C=O) groups is 1. The number of rotatable bonds is 14. The number of alkyl halides is 7. The van der Waals surface area contributed by atoms with E-state index in [0.717, 1.165) is 12.1 Å². The second-order valence-electron chi connectivity index (χ2n) is 9.18. The van der Waals surface area contributed by atoms with Gasteiger partial charge in [0.05, 0.1) is 29.0 Å². The lowest BCUT2D eigenvalue weighted by Gasteiger charge is -2.38. The summed E-state index contributed by atoms with van der Waals surface area (Å²) < 4.78 is 107. The minimum atomic E-state index is -4.69. The third-order valence-electron chi connectivity index (χ3n) is 5.64. The molecule has 1 aromatic heterocycles. The van der Waals surface area contributed by atoms with E-state index in [2.05, 4.69) is 34.5 Å². The zero-order valence-electron chi connectivity index (χ0n) is 26.5. The Morgan fingerprint density at radius 2 is 1.67 bits per heavy atom. The number of nitrogens with two attached hydrogens (primary N) is 1. The van der Waals surface area contributed by atoms with Gasteiger partial charge in [-0.05, 0) is 69.1 Å². The number of benzene rings is 1. The van der Waals surface area contributed by atoms with Crippen LogP contribution < -0.4 is 16.4 Å². The van der Waals surface area contributed by atoms with E-state index in [1.165, 1.54) is 25.4 Å². The molecular weight excluding hydrogens is 644 g/mol. The normalized spacial score (nSPS) is 13.0. The van der Waals surface area contributed by atoms with Crippen LogP contribution >= 0.6 is 11.6 Å². The van der Waals surface area contributed by atoms with Gasteiger partial charge in [-0.25, -0.2) is 13.2 Å². The molecule has 0 aliphatic carbocycles. The van der Waals surface area contributed by atoms with E-state index in [-0.39, 0.29) is 41.2 Å². The second kappa shape index (κ2) is 22.1. The molecule has 0 saturated heterocycles. The van der Waals surface area contributed by atoms with Crippen molar-refractivity contribution in [2.75, 3.05) is 7.05 Å². The summed E-state index contributed by atoms with van der Waals surface area (Å²) in [4.78, 5) is 15.6. The van der Waals surface area contributed by atoms with E-state index in [9.17, 15) is 39.9 Å². The van der Waals surface area contributed by atoms with Gasteiger partial charge in [0.15, 0.2) is 0 Å². The van der Waals surface area contributed by atoms with Crippen molar-refractivity contribution in [3.05, 3.63) is 101 Å². The van der Waals surface area contributed by atoms with E-state index in [1.54, 1.807) is 25.2 Å². The highest BCUT2D eigenvalue weighted by atomic mass is 35.5. The lowest BCUT2D eigenvalue weighted by molar-refractivity contribution is -0.143. The standard InChI is InChI=1S/C26H26ClF8N3O.C3H6.C2H6.CH5N/c1-3-4-5-8-24(22-7-6-19(27)14-36-22,38-16(2)37-21(15-39)13-26(33,34)35)18-9-17(10-20(28)11-18)12-25(31,32)23(29)30;1-3-2;2*1-2/h3-4,6-7,9-11,14-15,21,23,37-38H,2,5,8,12-13H2,1H3;3H,1H2,2H3;1-2H3;2H2,1H3/b4-3-;;;/t21?,24-;;;/m0.../s1. The number of carbonyl (C=O) groups excluding carboxylic acids is 1. The minimum Gasteiger partial charge on any atom is -0.363 e. The van der Waals surface area contributed by atoms with Crippen LogP contribution in [0.4, 0.5) is 35.1 Å². The van der Waals surface area contributed by atoms with Gasteiger partial charge in [0.1, 0.15) is 17.6 Å². The summed E-state index contributed by atoms with van der Waals surface area (Å²) in [6.45, 7) is 14.6. The highest BCUT2D eigenvalue weighted by Crippen LogP contribution is 2.37. The van der Waals surface area contributed by atoms with E-state index in [0.29, 0.717) is 6.07 Å². The van der Waals surface area contributed by atoms with Crippen LogP contribution in [0, 0.1) is 5.82 Å². The SMILES string of the molecule is C=C(NC(C=O)CC(F)(F)F)N[C@@](CC/C=C\C)(c1cc(F)cc(CC(F)(F)C(F)F)c1)c1ccc(Cl)cn1.C=CC.CC.CN. The Morgan fingerprint density at radius 1 is 1.09 bits per heavy atom. The van der Waals surface area contributed by atoms with Crippen LogP contribution in [0.3, 0.4) is 0 Å². The lowest BCUT2D eigenvalue weighted by Crippen LogP contribution is -2.49. The summed E-state index contributed by atoms with van der Waals surface area (Å²) in [5.41, 5.74) is 2.48. The number of nitrogens with one attached hydrogen (secondary N) is 2. The number of allylic oxidation sites excluding steroid dienone is 3. The number of aromatic nitrogens is 1. The second-order valence-corrected chi connectivity index (χ2v) is 9.62. The third kappa shape index (κ3) is 15.7. The molecule has 4 N–H and O–H groups in total. The molecule has 0 radical (unpaired) electrons. The molecule has 0 aliphatic heterocycles. The third-order valence-corrected chi connectivity index (χ3v) is 5.86. The molecule has 0 aliphatic rings. The summed E-state index contributed by atoms with van der Waals surface area (Å²) in [5.74, 6) is -5.78. The van der Waals surface area contributed by atoms with E-state index in [4.69, 9.17) is 11.6 Å². The molecule has 2 rings (SSSR count). The largest absolute Gasteiger partial charge is 0.391 e. The number of hydrogen-bond acceptors (Lipinski definition) is 5. The topological polar surface area (TPSA) is 80.0 Å². The van der Waals surface area contributed by atoms with Crippen LogP contribution in [0.1, 0.15) is 63.8 Å². The molecule has 5 nitrogen and oxygen atoms in total. The zero-order chi connectivity index (χ0) is 36.1. The molecule has 1 heterocycles. The Labute approximate surface area is 271 Å². The number of nitrogens with zero attached hydrogens (tertiary/aromatic N) is 1. The van der Waals surface area contributed by atoms with Gasteiger partial charge < -0.3 is 21.2 Å². The van der Waals surface area contributed by atoms with Crippen molar-refractivity contribution in [1.82, 2.24) is 15.6 Å². The average Bonchev–Trinajstić information content (AvgIpc) is 2.98. The highest BCUT2D eigenvalue weighted by molar-refractivity contribution is 6.30. The van der Waals surface area contributed by atoms with Gasteiger partial charge in [-0.2, -0.15) is 22.0 Å². The first-order chi connectivity index (χ1) is 21.5. The van der Waals surface area contributed by atoms with Crippen LogP contribution in [0.15, 0.2) is 73.7 Å². The smallest absolute Gasteiger partial charge is 0.363 e. The molecule has 0 spiro atoms. The number of halogens is 9. The van der Waals surface area contributed by atoms with Gasteiger partial charge in [-0.15, -0.1) is 6.58 Å². The van der Waals surface area contributed by atoms with Crippen molar-refractivity contribution in [3.8, 4) is 0 Å². The van der Waals surface area contributed by atoms with Crippen LogP contribution in [-0.2, 0) is 16.8 Å². The molecule has 14 heteroatoms. The van der Waals surface area contributed by atoms with Crippen molar-refractivity contribution in [2.45, 2.75) is 83.5 Å². The molecular formula is C32H43ClF8N4O. The fourth-order valence-electron chi connectivity index (χ4n) is 3.96. The Morgan fingerprint density at radius 3 is 2.13 bits per heavy atom. The molecule has 1 aromatic carbocycles. The van der Waals surface area contributed by atoms with Crippen LogP contribution in [-0.4, -0.2) is 42.9 Å². The van der Waals surface area contributed by atoms with Crippen LogP contribution in [0.25, 0.3) is 0 Å². The van der Waals surface area contributed by atoms with Gasteiger partial charge in [-0.3, -0.25) is 4.98 Å². The first-order valence-electron chi connectivity index (χ1n) is 14.1. The maximum atomic E-state index is 14.8. The van der Waals surface area contributed by atoms with E-state index in [1.807, 2.05) is 20.8 Å². The Kier molecular flexibility index (Phi) is 21.5.